The van der Waals surface area contributed by atoms with Gasteiger partial charge >= 0.3 is 6.18 Å². The maximum Gasteiger partial charge on any atom is 0.433 e. The summed E-state index contributed by atoms with van der Waals surface area (Å²) in [5, 5.41) is 6.37. The number of fused-ring (bicyclic) bond motifs is 1. The maximum atomic E-state index is 13.7. The van der Waals surface area contributed by atoms with Crippen LogP contribution in [-0.2, 0) is 6.18 Å². The molecule has 10 heteroatoms. The third-order valence-electron chi connectivity index (χ3n) is 4.67. The van der Waals surface area contributed by atoms with Crippen LogP contribution in [0.3, 0.4) is 0 Å². The van der Waals surface area contributed by atoms with E-state index in [1.807, 2.05) is 6.07 Å². The highest BCUT2D eigenvalue weighted by Crippen LogP contribution is 2.32. The molecule has 2 heterocycles. The fourth-order valence-corrected chi connectivity index (χ4v) is 3.12. The predicted octanol–water partition coefficient (Wildman–Crippen LogP) is 4.82. The highest BCUT2D eigenvalue weighted by atomic mass is 19.4. The van der Waals surface area contributed by atoms with E-state index in [0.717, 1.165) is 29.3 Å². The molecule has 0 bridgehead atoms. The monoisotopic (exact) mass is 429 g/mol. The van der Waals surface area contributed by atoms with Gasteiger partial charge in [0.2, 0.25) is 5.82 Å². The number of nitrogens with zero attached hydrogens (tertiary/aromatic N) is 4. The molecule has 0 saturated heterocycles. The first-order valence-corrected chi connectivity index (χ1v) is 9.12. The summed E-state index contributed by atoms with van der Waals surface area (Å²) in [5.74, 6) is -2.16. The van der Waals surface area contributed by atoms with Crippen LogP contribution in [0.5, 0.6) is 0 Å². The highest BCUT2D eigenvalue weighted by molar-refractivity contribution is 6.02. The van der Waals surface area contributed by atoms with Crippen molar-refractivity contribution in [3.8, 4) is 11.3 Å². The summed E-state index contributed by atoms with van der Waals surface area (Å²) in [6.45, 7) is 3.58. The van der Waals surface area contributed by atoms with Crippen molar-refractivity contribution in [3.05, 3.63) is 77.0 Å². The van der Waals surface area contributed by atoms with Gasteiger partial charge in [0.25, 0.3) is 11.7 Å². The average molecular weight is 429 g/mol. The van der Waals surface area contributed by atoms with Crippen molar-refractivity contribution in [2.24, 2.45) is 0 Å². The smallest absolute Gasteiger partial charge is 0.319 e. The van der Waals surface area contributed by atoms with Gasteiger partial charge in [0, 0.05) is 11.3 Å². The Morgan fingerprint density at radius 3 is 2.26 bits per heavy atom. The second-order valence-corrected chi connectivity index (χ2v) is 6.90. The summed E-state index contributed by atoms with van der Waals surface area (Å²) < 4.78 is 54.7. The van der Waals surface area contributed by atoms with E-state index in [1.54, 1.807) is 26.0 Å². The fourth-order valence-electron chi connectivity index (χ4n) is 3.12. The Bertz CT molecular complexity index is 1280. The predicted molar refractivity (Wildman–Crippen MR) is 105 cm³/mol. The minimum atomic E-state index is -4.79. The van der Waals surface area contributed by atoms with Crippen molar-refractivity contribution in [1.82, 2.24) is 19.6 Å². The van der Waals surface area contributed by atoms with Crippen LogP contribution in [0, 0.1) is 19.7 Å². The van der Waals surface area contributed by atoms with Crippen LogP contribution >= 0.6 is 0 Å². The molecule has 4 rings (SSSR count). The number of aromatic nitrogens is 4. The van der Waals surface area contributed by atoms with Crippen molar-refractivity contribution in [3.63, 3.8) is 0 Å². The van der Waals surface area contributed by atoms with E-state index in [0.29, 0.717) is 10.2 Å². The van der Waals surface area contributed by atoms with E-state index in [-0.39, 0.29) is 11.3 Å². The first-order chi connectivity index (χ1) is 14.6. The van der Waals surface area contributed by atoms with Crippen LogP contribution in [0.2, 0.25) is 0 Å². The number of amides is 1. The third-order valence-corrected chi connectivity index (χ3v) is 4.67. The number of hydrogen-bond acceptors (Lipinski definition) is 4. The molecule has 0 aliphatic carbocycles. The van der Waals surface area contributed by atoms with E-state index in [9.17, 15) is 22.4 Å². The quantitative estimate of drug-likeness (QED) is 0.474. The van der Waals surface area contributed by atoms with Gasteiger partial charge in [-0.25, -0.2) is 9.37 Å². The first kappa shape index (κ1) is 20.5. The van der Waals surface area contributed by atoms with Crippen molar-refractivity contribution in [2.75, 3.05) is 5.32 Å². The van der Waals surface area contributed by atoms with Crippen molar-refractivity contribution in [1.29, 1.82) is 0 Å². The molecule has 31 heavy (non-hydrogen) atoms. The van der Waals surface area contributed by atoms with Crippen LogP contribution in [-0.4, -0.2) is 25.5 Å². The molecule has 0 atom stereocenters. The Morgan fingerprint density at radius 1 is 1.00 bits per heavy atom. The molecule has 0 saturated carbocycles. The second-order valence-electron chi connectivity index (χ2n) is 6.90. The number of hydrogen-bond donors (Lipinski definition) is 1. The Labute approximate surface area is 173 Å². The molecule has 0 aliphatic heterocycles. The number of para-hydroxylation sites is 1. The molecule has 4 aromatic rings. The second kappa shape index (κ2) is 7.46. The van der Waals surface area contributed by atoms with Gasteiger partial charge in [0.1, 0.15) is 5.82 Å². The van der Waals surface area contributed by atoms with E-state index in [2.05, 4.69) is 20.4 Å². The number of nitrogens with one attached hydrogen (secondary N) is 1. The molecule has 0 fully saturated rings. The number of anilines is 1. The van der Waals surface area contributed by atoms with Crippen LogP contribution in [0.25, 0.3) is 17.0 Å². The minimum Gasteiger partial charge on any atom is -0.319 e. The molecule has 2 aromatic carbocycles. The molecule has 2 aromatic heterocycles. The number of halogens is 4. The standard InChI is InChI=1S/C21H15F4N5O/c1-11-4-3-5-12(2)17(11)27-19(31)18-28-20-26-15(13-6-8-14(22)9-7-13)10-16(21(23,24)25)30(20)29-18/h3-10H,1-2H3,(H,27,31). The summed E-state index contributed by atoms with van der Waals surface area (Å²) >= 11 is 0. The molecule has 0 radical (unpaired) electrons. The van der Waals surface area contributed by atoms with Crippen LogP contribution in [0.15, 0.2) is 48.5 Å². The summed E-state index contributed by atoms with van der Waals surface area (Å²) in [4.78, 5) is 20.6. The molecule has 0 aliphatic rings. The van der Waals surface area contributed by atoms with Gasteiger partial charge in [0.05, 0.1) is 5.69 Å². The summed E-state index contributed by atoms with van der Waals surface area (Å²) in [6, 6.07) is 11.0. The molecule has 1 amide bonds. The van der Waals surface area contributed by atoms with Gasteiger partial charge in [-0.05, 0) is 55.3 Å². The van der Waals surface area contributed by atoms with Crippen LogP contribution in [0.1, 0.15) is 27.4 Å². The lowest BCUT2D eigenvalue weighted by Gasteiger charge is -2.10. The summed E-state index contributed by atoms with van der Waals surface area (Å²) in [5.41, 5.74) is 1.13. The molecule has 1 N–H and O–H groups in total. The molecular formula is C21H15F4N5O. The van der Waals surface area contributed by atoms with Crippen LogP contribution < -0.4 is 5.32 Å². The van der Waals surface area contributed by atoms with Gasteiger partial charge < -0.3 is 5.32 Å². The normalized spacial score (nSPS) is 11.7. The van der Waals surface area contributed by atoms with E-state index in [1.165, 1.54) is 12.1 Å². The topological polar surface area (TPSA) is 72.2 Å². The number of carbonyl (C=O) groups is 1. The average Bonchev–Trinajstić information content (AvgIpc) is 3.14. The minimum absolute atomic E-state index is 0.0751. The summed E-state index contributed by atoms with van der Waals surface area (Å²) in [7, 11) is 0. The Hall–Kier alpha value is -3.82. The lowest BCUT2D eigenvalue weighted by atomic mass is 10.1. The number of benzene rings is 2. The number of rotatable bonds is 3. The Balaban J connectivity index is 1.80. The lowest BCUT2D eigenvalue weighted by molar-refractivity contribution is -0.142. The first-order valence-electron chi connectivity index (χ1n) is 9.12. The summed E-state index contributed by atoms with van der Waals surface area (Å²) in [6.07, 6.45) is -4.79. The molecule has 0 spiro atoms. The number of aryl methyl sites for hydroxylation is 2. The van der Waals surface area contributed by atoms with E-state index < -0.39 is 35.2 Å². The fraction of sp³-hybridized carbons (Fsp3) is 0.143. The number of alkyl halides is 3. The highest BCUT2D eigenvalue weighted by Gasteiger charge is 2.36. The van der Waals surface area contributed by atoms with Gasteiger partial charge in [-0.1, -0.05) is 18.2 Å². The lowest BCUT2D eigenvalue weighted by Crippen LogP contribution is -2.17. The molecule has 158 valence electrons. The van der Waals surface area contributed by atoms with Crippen LogP contribution in [0.4, 0.5) is 23.2 Å². The van der Waals surface area contributed by atoms with Gasteiger partial charge in [-0.2, -0.15) is 22.7 Å². The largest absolute Gasteiger partial charge is 0.433 e. The van der Waals surface area contributed by atoms with Gasteiger partial charge in [-0.15, -0.1) is 5.10 Å². The Kier molecular flexibility index (Phi) is 4.92. The zero-order chi connectivity index (χ0) is 22.3. The SMILES string of the molecule is Cc1cccc(C)c1NC(=O)c1nc2nc(-c3ccc(F)cc3)cc(C(F)(F)F)n2n1. The number of carbonyl (C=O) groups excluding carboxylic acids is 1. The zero-order valence-electron chi connectivity index (χ0n) is 16.3. The van der Waals surface area contributed by atoms with E-state index >= 15 is 0 Å². The molecule has 0 unspecified atom stereocenters. The van der Waals surface area contributed by atoms with Crippen molar-refractivity contribution >= 4 is 17.4 Å². The van der Waals surface area contributed by atoms with Crippen molar-refractivity contribution < 1.29 is 22.4 Å². The zero-order valence-corrected chi connectivity index (χ0v) is 16.3. The van der Waals surface area contributed by atoms with Gasteiger partial charge in [-0.3, -0.25) is 4.79 Å². The Morgan fingerprint density at radius 2 is 1.65 bits per heavy atom. The van der Waals surface area contributed by atoms with Gasteiger partial charge in [0.15, 0.2) is 5.69 Å². The molecule has 6 nitrogen and oxygen atoms in total. The molecular weight excluding hydrogens is 414 g/mol. The van der Waals surface area contributed by atoms with E-state index in [4.69, 9.17) is 0 Å². The van der Waals surface area contributed by atoms with Crippen molar-refractivity contribution in [2.45, 2.75) is 20.0 Å². The maximum absolute atomic E-state index is 13.7. The third kappa shape index (κ3) is 3.96.